The topological polar surface area (TPSA) is 40.9 Å². The van der Waals surface area contributed by atoms with Crippen molar-refractivity contribution in [1.29, 1.82) is 0 Å². The first kappa shape index (κ1) is 8.52. The van der Waals surface area contributed by atoms with Crippen LogP contribution in [0, 0.1) is 0 Å². The number of rotatable bonds is 2. The highest BCUT2D eigenvalue weighted by Crippen LogP contribution is 2.22. The first-order valence-electron chi connectivity index (χ1n) is 3.16. The molecule has 2 nitrogen and oxygen atoms in total. The lowest BCUT2D eigenvalue weighted by Gasteiger charge is -2.02. The summed E-state index contributed by atoms with van der Waals surface area (Å²) in [6, 6.07) is 9.32. The Morgan fingerprint density at radius 3 is 2.36 bits per heavy atom. The van der Waals surface area contributed by atoms with E-state index in [1.165, 1.54) is 0 Å². The number of benzene rings is 1. The molecule has 1 rings (SSSR count). The molecule has 3 heteroatoms. The maximum atomic E-state index is 10.6. The molecule has 57 valence electrons. The molecule has 0 bridgehead atoms. The molecule has 1 N–H and O–H groups in total. The van der Waals surface area contributed by atoms with Gasteiger partial charge in [-0.15, -0.1) is 0 Å². The molecule has 0 saturated heterocycles. The molecule has 0 aromatic heterocycles. The molecule has 1 aromatic carbocycles. The van der Waals surface area contributed by atoms with E-state index in [4.69, 9.17) is 5.73 Å². The van der Waals surface area contributed by atoms with Gasteiger partial charge in [0, 0.05) is 0 Å². The summed E-state index contributed by atoms with van der Waals surface area (Å²) in [5.74, 6) is -0.545. The second-order valence-electron chi connectivity index (χ2n) is 2.14. The second kappa shape index (κ2) is 3.71. The van der Waals surface area contributed by atoms with Crippen LogP contribution in [0.25, 0.3) is 0 Å². The fourth-order valence-corrected chi connectivity index (χ4v) is 1.19. The summed E-state index contributed by atoms with van der Waals surface area (Å²) in [6.07, 6.45) is 0. The smallest absolute Gasteiger partial charge is 0.255 e. The zero-order valence-electron chi connectivity index (χ0n) is 5.75. The zero-order valence-corrected chi connectivity index (χ0v) is 7.91. The van der Waals surface area contributed by atoms with Crippen LogP contribution in [0.2, 0.25) is 0 Å². The predicted octanol–water partition coefficient (Wildman–Crippen LogP) is 1.97. The average Bonchev–Trinajstić information content (AvgIpc) is 2.05. The molecule has 1 aromatic rings. The molecule has 0 spiro atoms. The summed E-state index contributed by atoms with van der Waals surface area (Å²) in [4.78, 5) is 10.6. The molecule has 0 saturated carbocycles. The first-order chi connectivity index (χ1) is 5.22. The van der Waals surface area contributed by atoms with Crippen LogP contribution in [-0.4, -0.2) is 5.91 Å². The molecule has 1 radical (unpaired) electrons. The van der Waals surface area contributed by atoms with E-state index in [1.54, 1.807) is 0 Å². The standard InChI is InChI=1S/C8H7INO/c9-7(8(10)11)6-4-2-1-3-5-6/h1-5,7,10H. The molecule has 11 heavy (non-hydrogen) atoms. The summed E-state index contributed by atoms with van der Waals surface area (Å²) < 4.78 is -0.325. The monoisotopic (exact) mass is 260 g/mol. The van der Waals surface area contributed by atoms with Crippen molar-refractivity contribution in [2.45, 2.75) is 3.92 Å². The van der Waals surface area contributed by atoms with E-state index in [-0.39, 0.29) is 3.92 Å². The van der Waals surface area contributed by atoms with Crippen molar-refractivity contribution < 1.29 is 4.79 Å². The second-order valence-corrected chi connectivity index (χ2v) is 3.38. The summed E-state index contributed by atoms with van der Waals surface area (Å²) in [6.45, 7) is 0. The van der Waals surface area contributed by atoms with E-state index >= 15 is 0 Å². The summed E-state index contributed by atoms with van der Waals surface area (Å²) in [5, 5.41) is 0. The Hall–Kier alpha value is -0.580. The van der Waals surface area contributed by atoms with Crippen LogP contribution < -0.4 is 5.73 Å². The lowest BCUT2D eigenvalue weighted by Crippen LogP contribution is -2.05. The van der Waals surface area contributed by atoms with Crippen LogP contribution in [-0.2, 0) is 4.79 Å². The number of amides is 1. The van der Waals surface area contributed by atoms with Gasteiger partial charge >= 0.3 is 0 Å². The molecule has 0 aliphatic heterocycles. The number of alkyl halides is 1. The van der Waals surface area contributed by atoms with Gasteiger partial charge in [-0.25, -0.2) is 0 Å². The Morgan fingerprint density at radius 1 is 1.36 bits per heavy atom. The highest BCUT2D eigenvalue weighted by atomic mass is 127. The van der Waals surface area contributed by atoms with Crippen molar-refractivity contribution in [3.05, 3.63) is 35.9 Å². The third-order valence-corrected chi connectivity index (χ3v) is 2.61. The van der Waals surface area contributed by atoms with E-state index in [0.717, 1.165) is 5.56 Å². The number of carbonyl (C=O) groups excluding carboxylic acids is 1. The quantitative estimate of drug-likeness (QED) is 0.592. The maximum Gasteiger partial charge on any atom is 0.255 e. The Morgan fingerprint density at radius 2 is 1.91 bits per heavy atom. The zero-order chi connectivity index (χ0) is 8.27. The average molecular weight is 260 g/mol. The summed E-state index contributed by atoms with van der Waals surface area (Å²) in [7, 11) is 0. The van der Waals surface area contributed by atoms with E-state index in [0.29, 0.717) is 0 Å². The fourth-order valence-electron chi connectivity index (χ4n) is 0.773. The van der Waals surface area contributed by atoms with Crippen LogP contribution in [0.15, 0.2) is 30.3 Å². The first-order valence-corrected chi connectivity index (χ1v) is 4.41. The lowest BCUT2D eigenvalue weighted by atomic mass is 10.1. The van der Waals surface area contributed by atoms with E-state index < -0.39 is 5.91 Å². The van der Waals surface area contributed by atoms with Gasteiger partial charge in [-0.3, -0.25) is 10.5 Å². The SMILES string of the molecule is [NH]C(=O)C(I)c1ccccc1. The van der Waals surface area contributed by atoms with E-state index in [9.17, 15) is 4.79 Å². The van der Waals surface area contributed by atoms with Gasteiger partial charge in [-0.05, 0) is 5.56 Å². The predicted molar refractivity (Wildman–Crippen MR) is 51.3 cm³/mol. The van der Waals surface area contributed by atoms with Gasteiger partial charge in [0.05, 0.1) is 0 Å². The van der Waals surface area contributed by atoms with Gasteiger partial charge in [0.1, 0.15) is 3.92 Å². The number of halogens is 1. The van der Waals surface area contributed by atoms with Gasteiger partial charge in [0.15, 0.2) is 0 Å². The van der Waals surface area contributed by atoms with Crippen molar-refractivity contribution in [2.75, 3.05) is 0 Å². The van der Waals surface area contributed by atoms with Crippen molar-refractivity contribution in [3.8, 4) is 0 Å². The molecular formula is C8H7INO. The number of carbonyl (C=O) groups is 1. The lowest BCUT2D eigenvalue weighted by molar-refractivity contribution is -0.117. The minimum atomic E-state index is -0.545. The van der Waals surface area contributed by atoms with Crippen LogP contribution in [0.5, 0.6) is 0 Å². The van der Waals surface area contributed by atoms with Crippen LogP contribution in [0.3, 0.4) is 0 Å². The van der Waals surface area contributed by atoms with Crippen LogP contribution >= 0.6 is 22.6 Å². The fraction of sp³-hybridized carbons (Fsp3) is 0.125. The van der Waals surface area contributed by atoms with Crippen molar-refractivity contribution in [2.24, 2.45) is 0 Å². The van der Waals surface area contributed by atoms with Gasteiger partial charge in [0.2, 0.25) is 0 Å². The molecule has 0 fully saturated rings. The minimum Gasteiger partial charge on any atom is -0.272 e. The molecule has 0 aliphatic carbocycles. The third-order valence-electron chi connectivity index (χ3n) is 1.32. The molecular weight excluding hydrogens is 253 g/mol. The molecule has 1 unspecified atom stereocenters. The largest absolute Gasteiger partial charge is 0.272 e. The molecule has 1 atom stereocenters. The van der Waals surface area contributed by atoms with Crippen molar-refractivity contribution in [1.82, 2.24) is 5.73 Å². The van der Waals surface area contributed by atoms with Crippen LogP contribution in [0.4, 0.5) is 0 Å². The number of hydrogen-bond acceptors (Lipinski definition) is 1. The third kappa shape index (κ3) is 2.18. The number of hydrogen-bond donors (Lipinski definition) is 0. The summed E-state index contributed by atoms with van der Waals surface area (Å²) >= 11 is 1.96. The van der Waals surface area contributed by atoms with E-state index in [2.05, 4.69) is 0 Å². The van der Waals surface area contributed by atoms with E-state index in [1.807, 2.05) is 52.9 Å². The van der Waals surface area contributed by atoms with Crippen molar-refractivity contribution in [3.63, 3.8) is 0 Å². The maximum absolute atomic E-state index is 10.6. The molecule has 0 heterocycles. The Balaban J connectivity index is 2.85. The molecule has 1 amide bonds. The van der Waals surface area contributed by atoms with Gasteiger partial charge in [-0.1, -0.05) is 52.9 Å². The normalized spacial score (nSPS) is 12.5. The van der Waals surface area contributed by atoms with Crippen molar-refractivity contribution >= 4 is 28.5 Å². The minimum absolute atomic E-state index is 0.325. The number of nitrogens with one attached hydrogen (secondary N) is 1. The summed E-state index contributed by atoms with van der Waals surface area (Å²) in [5.41, 5.74) is 7.77. The van der Waals surface area contributed by atoms with Gasteiger partial charge < -0.3 is 0 Å². The highest BCUT2D eigenvalue weighted by Gasteiger charge is 2.12. The molecule has 0 aliphatic rings. The highest BCUT2D eigenvalue weighted by molar-refractivity contribution is 14.1. The Labute approximate surface area is 78.9 Å². The van der Waals surface area contributed by atoms with Crippen LogP contribution in [0.1, 0.15) is 9.49 Å². The van der Waals surface area contributed by atoms with Gasteiger partial charge in [0.25, 0.3) is 5.91 Å². The Bertz CT molecular complexity index is 248. The Kier molecular flexibility index (Phi) is 2.87. The van der Waals surface area contributed by atoms with Gasteiger partial charge in [-0.2, -0.15) is 0 Å².